The lowest BCUT2D eigenvalue weighted by Gasteiger charge is -2.33. The first kappa shape index (κ1) is 22.0. The van der Waals surface area contributed by atoms with Gasteiger partial charge in [0.2, 0.25) is 0 Å². The van der Waals surface area contributed by atoms with E-state index in [0.29, 0.717) is 6.04 Å². The molecule has 2 aliphatic rings. The van der Waals surface area contributed by atoms with Crippen LogP contribution < -0.4 is 4.90 Å². The Hall–Kier alpha value is -3.45. The number of benzene rings is 2. The minimum atomic E-state index is -0.228. The third-order valence-electron chi connectivity index (χ3n) is 8.03. The van der Waals surface area contributed by atoms with Crippen molar-refractivity contribution in [1.82, 2.24) is 24.2 Å². The summed E-state index contributed by atoms with van der Waals surface area (Å²) in [5.41, 5.74) is 6.82. The minimum Gasteiger partial charge on any atom is -0.369 e. The molecule has 6 nitrogen and oxygen atoms in total. The molecule has 35 heavy (non-hydrogen) atoms. The topological polar surface area (TPSA) is 42.1 Å². The first-order valence-corrected chi connectivity index (χ1v) is 12.3. The Morgan fingerprint density at radius 3 is 2.60 bits per heavy atom. The summed E-state index contributed by atoms with van der Waals surface area (Å²) >= 11 is 0. The second-order valence-electron chi connectivity index (χ2n) is 10.4. The largest absolute Gasteiger partial charge is 0.369 e. The van der Waals surface area contributed by atoms with Crippen LogP contribution in [0.2, 0.25) is 0 Å². The highest BCUT2D eigenvalue weighted by atomic mass is 19.1. The number of rotatable bonds is 4. The molecule has 0 amide bonds. The van der Waals surface area contributed by atoms with Crippen molar-refractivity contribution in [2.75, 3.05) is 32.1 Å². The van der Waals surface area contributed by atoms with Crippen LogP contribution in [0, 0.1) is 11.2 Å². The molecule has 0 spiro atoms. The smallest absolute Gasteiger partial charge is 0.179 e. The molecule has 180 valence electrons. The van der Waals surface area contributed by atoms with E-state index in [9.17, 15) is 4.39 Å². The molecule has 2 atom stereocenters. The van der Waals surface area contributed by atoms with E-state index in [1.165, 1.54) is 23.4 Å². The molecule has 0 aliphatic carbocycles. The molecular weight excluding hydrogens is 439 g/mol. The van der Waals surface area contributed by atoms with E-state index in [4.69, 9.17) is 0 Å². The molecule has 4 heterocycles. The maximum absolute atomic E-state index is 13.5. The highest BCUT2D eigenvalue weighted by molar-refractivity contribution is 5.72. The molecule has 6 rings (SSSR count). The van der Waals surface area contributed by atoms with Crippen molar-refractivity contribution in [2.24, 2.45) is 5.41 Å². The van der Waals surface area contributed by atoms with Crippen molar-refractivity contribution < 1.29 is 4.39 Å². The van der Waals surface area contributed by atoms with Gasteiger partial charge in [0, 0.05) is 48.5 Å². The van der Waals surface area contributed by atoms with E-state index in [1.807, 2.05) is 16.8 Å². The number of anilines is 1. The van der Waals surface area contributed by atoms with Crippen molar-refractivity contribution >= 4 is 5.69 Å². The molecule has 7 heteroatoms. The third kappa shape index (κ3) is 3.57. The molecule has 1 saturated heterocycles. The van der Waals surface area contributed by atoms with E-state index < -0.39 is 0 Å². The number of likely N-dealkylation sites (N-methyl/N-ethyl adjacent to an activating group) is 1. The molecule has 2 aromatic heterocycles. The van der Waals surface area contributed by atoms with Gasteiger partial charge in [0.1, 0.15) is 12.1 Å². The van der Waals surface area contributed by atoms with Crippen molar-refractivity contribution in [3.63, 3.8) is 0 Å². The molecule has 2 aliphatic heterocycles. The summed E-state index contributed by atoms with van der Waals surface area (Å²) in [6.45, 7) is 7.50. The predicted molar refractivity (Wildman–Crippen MR) is 137 cm³/mol. The van der Waals surface area contributed by atoms with Gasteiger partial charge in [0.25, 0.3) is 0 Å². The molecule has 0 bridgehead atoms. The fraction of sp³-hybridized carbons (Fsp3) is 0.357. The van der Waals surface area contributed by atoms with Crippen LogP contribution in [0.5, 0.6) is 0 Å². The van der Waals surface area contributed by atoms with E-state index in [2.05, 4.69) is 82.9 Å². The average Bonchev–Trinajstić information content (AvgIpc) is 3.55. The fourth-order valence-electron chi connectivity index (χ4n) is 5.87. The molecule has 0 radical (unpaired) electrons. The van der Waals surface area contributed by atoms with Gasteiger partial charge in [-0.05, 0) is 68.0 Å². The molecule has 2 aromatic carbocycles. The average molecular weight is 471 g/mol. The summed E-state index contributed by atoms with van der Waals surface area (Å²) in [5.74, 6) is 0.588. The van der Waals surface area contributed by atoms with Crippen LogP contribution >= 0.6 is 0 Å². The van der Waals surface area contributed by atoms with E-state index in [0.717, 1.165) is 54.4 Å². The maximum Gasteiger partial charge on any atom is 0.179 e. The monoisotopic (exact) mass is 470 g/mol. The number of fused-ring (bicyclic) bond motifs is 5. The molecule has 0 unspecified atom stereocenters. The second kappa shape index (κ2) is 8.05. The number of hydrogen-bond donors (Lipinski definition) is 0. The Balaban J connectivity index is 1.40. The van der Waals surface area contributed by atoms with Crippen LogP contribution in [0.25, 0.3) is 28.3 Å². The number of aromatic nitrogens is 4. The summed E-state index contributed by atoms with van der Waals surface area (Å²) in [6, 6.07) is 16.0. The van der Waals surface area contributed by atoms with Crippen molar-refractivity contribution in [2.45, 2.75) is 32.9 Å². The van der Waals surface area contributed by atoms with E-state index in [1.54, 1.807) is 6.33 Å². The summed E-state index contributed by atoms with van der Waals surface area (Å²) in [7, 11) is 4.38. The minimum absolute atomic E-state index is 0.228. The Morgan fingerprint density at radius 1 is 1.09 bits per heavy atom. The third-order valence-corrected chi connectivity index (χ3v) is 8.03. The zero-order valence-electron chi connectivity index (χ0n) is 20.7. The first-order valence-electron chi connectivity index (χ1n) is 12.3. The van der Waals surface area contributed by atoms with Crippen molar-refractivity contribution in [1.29, 1.82) is 0 Å². The summed E-state index contributed by atoms with van der Waals surface area (Å²) in [5, 5.41) is 4.57. The molecule has 1 fully saturated rings. The van der Waals surface area contributed by atoms with Crippen LogP contribution in [0.4, 0.5) is 10.1 Å². The van der Waals surface area contributed by atoms with Gasteiger partial charge in [0.15, 0.2) is 5.82 Å². The zero-order valence-corrected chi connectivity index (χ0v) is 20.7. The first-order chi connectivity index (χ1) is 16.9. The summed E-state index contributed by atoms with van der Waals surface area (Å²) in [6.07, 6.45) is 4.90. The van der Waals surface area contributed by atoms with Crippen LogP contribution in [0.15, 0.2) is 61.1 Å². The summed E-state index contributed by atoms with van der Waals surface area (Å²) in [4.78, 5) is 9.50. The van der Waals surface area contributed by atoms with Gasteiger partial charge in [-0.15, -0.1) is 0 Å². The van der Waals surface area contributed by atoms with Gasteiger partial charge in [0.05, 0.1) is 11.4 Å². The Bertz CT molecular complexity index is 1380. The quantitative estimate of drug-likeness (QED) is 0.368. The van der Waals surface area contributed by atoms with Crippen LogP contribution in [-0.4, -0.2) is 57.5 Å². The number of hydrogen-bond acceptors (Lipinski definition) is 4. The van der Waals surface area contributed by atoms with Gasteiger partial charge >= 0.3 is 0 Å². The summed E-state index contributed by atoms with van der Waals surface area (Å²) < 4.78 is 17.6. The second-order valence-corrected chi connectivity index (χ2v) is 10.4. The lowest BCUT2D eigenvalue weighted by Crippen LogP contribution is -2.41. The molecular formula is C28H31FN6. The standard InChI is InChI=1S/C28H31FN6/c1-5-28(2)17-34(16-26(28)32(3)4)23-10-11-24-21(12-23)15-33-14-20(19-6-8-22(29)9-7-19)13-25(33)27-30-18-31-35(24)27/h6-14,18,26H,5,15-17H2,1-4H3/t26-,28-/m1/s1. The Kier molecular flexibility index (Phi) is 5.07. The Labute approximate surface area is 205 Å². The highest BCUT2D eigenvalue weighted by Gasteiger charge is 2.43. The van der Waals surface area contributed by atoms with Gasteiger partial charge in [-0.3, -0.25) is 0 Å². The van der Waals surface area contributed by atoms with Gasteiger partial charge in [-0.1, -0.05) is 26.0 Å². The molecule has 0 N–H and O–H groups in total. The maximum atomic E-state index is 13.5. The zero-order chi connectivity index (χ0) is 24.3. The fourth-order valence-corrected chi connectivity index (χ4v) is 5.87. The van der Waals surface area contributed by atoms with E-state index in [-0.39, 0.29) is 11.2 Å². The van der Waals surface area contributed by atoms with E-state index >= 15 is 0 Å². The van der Waals surface area contributed by atoms with Gasteiger partial charge < -0.3 is 14.4 Å². The highest BCUT2D eigenvalue weighted by Crippen LogP contribution is 2.40. The van der Waals surface area contributed by atoms with Gasteiger partial charge in [-0.2, -0.15) is 5.10 Å². The van der Waals surface area contributed by atoms with Gasteiger partial charge in [-0.25, -0.2) is 14.1 Å². The van der Waals surface area contributed by atoms with Crippen molar-refractivity contribution in [3.8, 4) is 28.3 Å². The lowest BCUT2D eigenvalue weighted by molar-refractivity contribution is 0.165. The normalized spacial score (nSPS) is 21.1. The SMILES string of the molecule is CC[C@]1(C)CN(c2ccc3c(c2)Cn2cc(-c4ccc(F)cc4)cc2-c2ncnn2-3)C[C@H]1N(C)C. The molecule has 0 saturated carbocycles. The predicted octanol–water partition coefficient (Wildman–Crippen LogP) is 5.07. The number of halogens is 1. The van der Waals surface area contributed by atoms with Crippen molar-refractivity contribution in [3.05, 3.63) is 72.4 Å². The van der Waals surface area contributed by atoms with Crippen LogP contribution in [0.1, 0.15) is 25.8 Å². The van der Waals surface area contributed by atoms with Crippen LogP contribution in [-0.2, 0) is 6.54 Å². The Morgan fingerprint density at radius 2 is 1.89 bits per heavy atom. The lowest BCUT2D eigenvalue weighted by atomic mass is 9.82. The number of nitrogens with zero attached hydrogens (tertiary/aromatic N) is 6. The molecule has 4 aromatic rings. The van der Waals surface area contributed by atoms with Crippen LogP contribution in [0.3, 0.4) is 0 Å².